The van der Waals surface area contributed by atoms with E-state index in [0.717, 1.165) is 38.6 Å². The number of aryl methyl sites for hydroxylation is 4. The average molecular weight is 559 g/mol. The lowest BCUT2D eigenvalue weighted by molar-refractivity contribution is 0.607. The molecule has 0 radical (unpaired) electrons. The lowest BCUT2D eigenvalue weighted by Crippen LogP contribution is -1.91. The molecule has 0 aliphatic rings. The average Bonchev–Trinajstić information content (AvgIpc) is 3.63. The highest BCUT2D eigenvalue weighted by molar-refractivity contribution is 6.10. The molecular formula is C38H30N4O. The summed E-state index contributed by atoms with van der Waals surface area (Å²) in [7, 11) is 0. The molecule has 0 aliphatic carbocycles. The molecule has 0 saturated carbocycles. The van der Waals surface area contributed by atoms with E-state index in [1.807, 2.05) is 27.7 Å². The second kappa shape index (κ2) is 9.57. The lowest BCUT2D eigenvalue weighted by Gasteiger charge is -2.01. The molecule has 208 valence electrons. The van der Waals surface area contributed by atoms with Crippen molar-refractivity contribution in [2.45, 2.75) is 27.7 Å². The summed E-state index contributed by atoms with van der Waals surface area (Å²) in [6.07, 6.45) is 3.70. The van der Waals surface area contributed by atoms with Gasteiger partial charge in [0.15, 0.2) is 0 Å². The van der Waals surface area contributed by atoms with Crippen LogP contribution in [0.5, 0.6) is 0 Å². The van der Waals surface area contributed by atoms with Crippen LogP contribution in [0.2, 0.25) is 0 Å². The summed E-state index contributed by atoms with van der Waals surface area (Å²) in [5.74, 6) is 0.700. The summed E-state index contributed by atoms with van der Waals surface area (Å²) in [4.78, 5) is 0. The van der Waals surface area contributed by atoms with Crippen molar-refractivity contribution in [2.24, 2.45) is 10.2 Å². The van der Waals surface area contributed by atoms with Gasteiger partial charge in [-0.3, -0.25) is 0 Å². The van der Waals surface area contributed by atoms with Crippen LogP contribution in [0.25, 0.3) is 54.6 Å². The van der Waals surface area contributed by atoms with Crippen LogP contribution in [0, 0.1) is 27.7 Å². The molecular weight excluding hydrogens is 528 g/mol. The van der Waals surface area contributed by atoms with Crippen LogP contribution in [0.15, 0.2) is 112 Å². The van der Waals surface area contributed by atoms with Gasteiger partial charge in [0, 0.05) is 26.9 Å². The van der Waals surface area contributed by atoms with Gasteiger partial charge in [-0.1, -0.05) is 58.7 Å². The molecule has 5 aromatic carbocycles. The monoisotopic (exact) mass is 558 g/mol. The normalized spacial score (nSPS) is 12.5. The van der Waals surface area contributed by atoms with Crippen LogP contribution < -0.4 is 0 Å². The van der Waals surface area contributed by atoms with Crippen LogP contribution in [0.3, 0.4) is 0 Å². The second-order valence-corrected chi connectivity index (χ2v) is 11.6. The Morgan fingerprint density at radius 2 is 0.930 bits per heavy atom. The summed E-state index contributed by atoms with van der Waals surface area (Å²) in [6.45, 7) is 8.51. The Morgan fingerprint density at radius 3 is 1.40 bits per heavy atom. The van der Waals surface area contributed by atoms with E-state index < -0.39 is 0 Å². The van der Waals surface area contributed by atoms with Crippen LogP contribution in [-0.2, 0) is 0 Å². The molecule has 43 heavy (non-hydrogen) atoms. The molecule has 3 heterocycles. The number of benzene rings is 5. The van der Waals surface area contributed by atoms with Crippen LogP contribution in [0.1, 0.15) is 33.6 Å². The van der Waals surface area contributed by atoms with Crippen LogP contribution >= 0.6 is 0 Å². The third-order valence-electron chi connectivity index (χ3n) is 8.29. The first kappa shape index (κ1) is 25.3. The minimum Gasteiger partial charge on any atom is -0.455 e. The molecule has 0 N–H and O–H groups in total. The number of fused-ring (bicyclic) bond motifs is 7. The summed E-state index contributed by atoms with van der Waals surface area (Å²) in [5, 5.41) is 15.7. The highest BCUT2D eigenvalue weighted by atomic mass is 16.3. The van der Waals surface area contributed by atoms with Gasteiger partial charge in [-0.05, 0) is 93.9 Å². The minimum atomic E-state index is 0.700. The Labute approximate surface area is 249 Å². The van der Waals surface area contributed by atoms with Gasteiger partial charge in [0.25, 0.3) is 0 Å². The first-order chi connectivity index (χ1) is 20.9. The van der Waals surface area contributed by atoms with Crippen molar-refractivity contribution in [1.29, 1.82) is 0 Å². The minimum absolute atomic E-state index is 0.700. The van der Waals surface area contributed by atoms with E-state index in [2.05, 4.69) is 113 Å². The summed E-state index contributed by atoms with van der Waals surface area (Å²) in [5.41, 5.74) is 11.0. The molecule has 8 aromatic rings. The van der Waals surface area contributed by atoms with Gasteiger partial charge in [0.1, 0.15) is 11.3 Å². The maximum Gasteiger partial charge on any atom is 0.148 e. The largest absolute Gasteiger partial charge is 0.455 e. The quantitative estimate of drug-likeness (QED) is 0.198. The Hall–Kier alpha value is -5.42. The number of nitrogens with zero attached hydrogens (tertiary/aromatic N) is 4. The van der Waals surface area contributed by atoms with Gasteiger partial charge in [-0.2, -0.15) is 10.2 Å². The maximum absolute atomic E-state index is 6.24. The summed E-state index contributed by atoms with van der Waals surface area (Å²) < 4.78 is 10.3. The number of hydrogen-bond donors (Lipinski definition) is 0. The highest BCUT2D eigenvalue weighted by Crippen LogP contribution is 2.32. The molecule has 0 fully saturated rings. The molecule has 8 rings (SSSR count). The molecule has 0 atom stereocenters. The zero-order valence-corrected chi connectivity index (χ0v) is 24.6. The Morgan fingerprint density at radius 1 is 0.488 bits per heavy atom. The third-order valence-corrected chi connectivity index (χ3v) is 8.29. The van der Waals surface area contributed by atoms with E-state index in [4.69, 9.17) is 14.6 Å². The number of rotatable bonds is 4. The predicted octanol–water partition coefficient (Wildman–Crippen LogP) is 9.65. The molecule has 0 saturated heterocycles. The van der Waals surface area contributed by atoms with Gasteiger partial charge in [0.05, 0.1) is 34.5 Å². The lowest BCUT2D eigenvalue weighted by atomic mass is 10.1. The van der Waals surface area contributed by atoms with E-state index in [1.165, 1.54) is 43.8 Å². The van der Waals surface area contributed by atoms with E-state index in [1.54, 1.807) is 6.21 Å². The summed E-state index contributed by atoms with van der Waals surface area (Å²) >= 11 is 0. The number of aromatic nitrogens is 2. The maximum atomic E-state index is 6.24. The topological polar surface area (TPSA) is 47.7 Å². The first-order valence-electron chi connectivity index (χ1n) is 14.6. The first-order valence-corrected chi connectivity index (χ1v) is 14.6. The van der Waals surface area contributed by atoms with Crippen LogP contribution in [0.4, 0.5) is 0 Å². The standard InChI is InChI=1S/C38H30N4O/c1-23-5-11-34-30(15-23)31-16-24(2)6-12-35(31)41(34)39-21-27-9-10-28-20-29(43-38(28)19-27)22-40-42-36-13-7-25(3)17-32(36)33-18-26(4)8-14-37(33)42/h5-22H,1-4H3. The highest BCUT2D eigenvalue weighted by Gasteiger charge is 2.12. The van der Waals surface area contributed by atoms with E-state index in [0.29, 0.717) is 5.76 Å². The zero-order chi connectivity index (χ0) is 29.2. The Balaban J connectivity index is 1.15. The molecule has 3 aromatic heterocycles. The van der Waals surface area contributed by atoms with Gasteiger partial charge in [-0.25, -0.2) is 9.35 Å². The van der Waals surface area contributed by atoms with Gasteiger partial charge >= 0.3 is 0 Å². The predicted molar refractivity (Wildman–Crippen MR) is 180 cm³/mol. The second-order valence-electron chi connectivity index (χ2n) is 11.6. The van der Waals surface area contributed by atoms with Crippen molar-refractivity contribution in [2.75, 3.05) is 0 Å². The van der Waals surface area contributed by atoms with Crippen molar-refractivity contribution in [3.05, 3.63) is 131 Å². The Bertz CT molecular complexity index is 2200. The van der Waals surface area contributed by atoms with Crippen molar-refractivity contribution in [1.82, 2.24) is 9.35 Å². The fraction of sp³-hybridized carbons (Fsp3) is 0.105. The van der Waals surface area contributed by atoms with E-state index >= 15 is 0 Å². The molecule has 0 spiro atoms. The molecule has 0 bridgehead atoms. The summed E-state index contributed by atoms with van der Waals surface area (Å²) in [6, 6.07) is 34.3. The van der Waals surface area contributed by atoms with Crippen molar-refractivity contribution in [3.8, 4) is 0 Å². The fourth-order valence-corrected chi connectivity index (χ4v) is 6.16. The third kappa shape index (κ3) is 4.24. The van der Waals surface area contributed by atoms with E-state index in [9.17, 15) is 0 Å². The van der Waals surface area contributed by atoms with Gasteiger partial charge < -0.3 is 4.42 Å². The molecule has 0 amide bonds. The van der Waals surface area contributed by atoms with E-state index in [-0.39, 0.29) is 0 Å². The SMILES string of the molecule is Cc1ccc2c(c1)c1cc(C)ccc1n2N=Cc1ccc2cc(C=Nn3c4ccc(C)cc4c4cc(C)ccc43)oc2c1. The van der Waals surface area contributed by atoms with Gasteiger partial charge in [-0.15, -0.1) is 0 Å². The zero-order valence-electron chi connectivity index (χ0n) is 24.6. The molecule has 5 nitrogen and oxygen atoms in total. The molecule has 0 aliphatic heterocycles. The fourth-order valence-electron chi connectivity index (χ4n) is 6.16. The number of furan rings is 1. The smallest absolute Gasteiger partial charge is 0.148 e. The van der Waals surface area contributed by atoms with Crippen LogP contribution in [-0.4, -0.2) is 21.8 Å². The van der Waals surface area contributed by atoms with Crippen molar-refractivity contribution < 1.29 is 4.42 Å². The Kier molecular flexibility index (Phi) is 5.63. The van der Waals surface area contributed by atoms with Crippen molar-refractivity contribution >= 4 is 67.0 Å². The van der Waals surface area contributed by atoms with Crippen molar-refractivity contribution in [3.63, 3.8) is 0 Å². The molecule has 0 unspecified atom stereocenters. The number of hydrogen-bond acceptors (Lipinski definition) is 3. The van der Waals surface area contributed by atoms with Gasteiger partial charge in [0.2, 0.25) is 0 Å². The molecule has 5 heteroatoms.